The van der Waals surface area contributed by atoms with E-state index in [2.05, 4.69) is 122 Å². The van der Waals surface area contributed by atoms with Crippen LogP contribution in [0.3, 0.4) is 0 Å². The average Bonchev–Trinajstić information content (AvgIpc) is 2.81. The van der Waals surface area contributed by atoms with Gasteiger partial charge in [0.1, 0.15) is 0 Å². The van der Waals surface area contributed by atoms with Gasteiger partial charge >= 0.3 is 33.2 Å². The molecule has 4 aromatic carbocycles. The molecular formula is C25H22Cl2CoNP. The Labute approximate surface area is 193 Å². The maximum atomic E-state index is 5.45. The van der Waals surface area contributed by atoms with Crippen LogP contribution in [0.5, 0.6) is 0 Å². The summed E-state index contributed by atoms with van der Waals surface area (Å²) in [5.41, 5.74) is 2.27. The molecule has 4 aromatic rings. The van der Waals surface area contributed by atoms with Crippen LogP contribution in [0.1, 0.15) is 5.56 Å². The molecule has 30 heavy (non-hydrogen) atoms. The van der Waals surface area contributed by atoms with Crippen molar-refractivity contribution in [3.05, 3.63) is 121 Å². The zero-order valence-corrected chi connectivity index (χ0v) is 19.9. The molecule has 0 saturated heterocycles. The molecule has 0 N–H and O–H groups in total. The first kappa shape index (κ1) is 22.9. The number of hydrogen-bond donors (Lipinski definition) is 0. The fraction of sp³-hybridized carbons (Fsp3) is 0.0400. The van der Waals surface area contributed by atoms with Crippen molar-refractivity contribution in [1.82, 2.24) is 0 Å². The molecule has 0 heterocycles. The van der Waals surface area contributed by atoms with Crippen LogP contribution >= 0.6 is 27.3 Å². The number of benzene rings is 4. The van der Waals surface area contributed by atoms with Crippen molar-refractivity contribution in [2.24, 2.45) is 4.74 Å². The second kappa shape index (κ2) is 11.6. The molecule has 0 bridgehead atoms. The van der Waals surface area contributed by atoms with E-state index in [1.54, 1.807) is 0 Å². The van der Waals surface area contributed by atoms with Crippen molar-refractivity contribution in [3.63, 3.8) is 0 Å². The monoisotopic (exact) mass is 496 g/mol. The number of nitrogens with zero attached hydrogens (tertiary/aromatic N) is 1. The van der Waals surface area contributed by atoms with Gasteiger partial charge in [-0.05, 0) is 19.1 Å². The molecule has 1 nitrogen and oxygen atoms in total. The quantitative estimate of drug-likeness (QED) is 0.265. The van der Waals surface area contributed by atoms with Gasteiger partial charge in [-0.1, -0.05) is 109 Å². The summed E-state index contributed by atoms with van der Waals surface area (Å²) in [6, 6.07) is 40.7. The first-order valence-electron chi connectivity index (χ1n) is 9.40. The Morgan fingerprint density at radius 3 is 1.23 bits per heavy atom. The molecule has 5 heteroatoms. The molecule has 155 valence electrons. The van der Waals surface area contributed by atoms with Crippen molar-refractivity contribution in [1.29, 1.82) is 0 Å². The molecule has 0 aliphatic rings. The van der Waals surface area contributed by atoms with E-state index in [0.717, 1.165) is 5.69 Å². The average molecular weight is 497 g/mol. The van der Waals surface area contributed by atoms with Crippen LogP contribution in [0.2, 0.25) is 0 Å². The summed E-state index contributed by atoms with van der Waals surface area (Å²) >= 11 is 0.382. The summed E-state index contributed by atoms with van der Waals surface area (Å²) in [5, 5.41) is 3.80. The summed E-state index contributed by atoms with van der Waals surface area (Å²) in [7, 11) is 7.30. The minimum atomic E-state index is -2.17. The van der Waals surface area contributed by atoms with Crippen molar-refractivity contribution in [2.45, 2.75) is 6.92 Å². The van der Waals surface area contributed by atoms with Crippen LogP contribution in [0.25, 0.3) is 0 Å². The molecule has 0 radical (unpaired) electrons. The predicted octanol–water partition coefficient (Wildman–Crippen LogP) is 7.18. The van der Waals surface area contributed by atoms with Gasteiger partial charge in [-0.25, -0.2) is 0 Å². The van der Waals surface area contributed by atoms with Gasteiger partial charge in [0, 0.05) is 15.9 Å². The summed E-state index contributed by atoms with van der Waals surface area (Å²) in [5.74, 6) is 0. The van der Waals surface area contributed by atoms with Crippen LogP contribution in [-0.2, 0) is 12.9 Å². The van der Waals surface area contributed by atoms with Crippen molar-refractivity contribution >= 4 is 48.9 Å². The topological polar surface area (TPSA) is 12.4 Å². The number of hydrogen-bond acceptors (Lipinski definition) is 1. The molecular weight excluding hydrogens is 475 g/mol. The van der Waals surface area contributed by atoms with E-state index in [4.69, 9.17) is 25.0 Å². The predicted molar refractivity (Wildman–Crippen MR) is 130 cm³/mol. The summed E-state index contributed by atoms with van der Waals surface area (Å²) in [6.07, 6.45) is 0. The fourth-order valence-electron chi connectivity index (χ4n) is 3.34. The fourth-order valence-corrected chi connectivity index (χ4v) is 6.87. The molecule has 0 atom stereocenters. The van der Waals surface area contributed by atoms with Gasteiger partial charge in [0.25, 0.3) is 0 Å². The first-order chi connectivity index (χ1) is 14.7. The molecule has 0 aliphatic carbocycles. The molecule has 0 unspecified atom stereocenters. The maximum absolute atomic E-state index is 5.45. The second-order valence-electron chi connectivity index (χ2n) is 6.63. The van der Waals surface area contributed by atoms with Crippen molar-refractivity contribution in [2.75, 3.05) is 0 Å². The van der Waals surface area contributed by atoms with Gasteiger partial charge in [0.15, 0.2) is 0 Å². The summed E-state index contributed by atoms with van der Waals surface area (Å²) < 4.78 is 5.45. The minimum absolute atomic E-state index is 0.382. The van der Waals surface area contributed by atoms with Crippen LogP contribution < -0.4 is 15.9 Å². The number of halogens is 2. The van der Waals surface area contributed by atoms with Gasteiger partial charge in [-0.15, -0.1) is 0 Å². The Bertz CT molecular complexity index is 983. The summed E-state index contributed by atoms with van der Waals surface area (Å²) in [4.78, 5) is 0. The third-order valence-electron chi connectivity index (χ3n) is 4.69. The van der Waals surface area contributed by atoms with E-state index < -0.39 is 7.05 Å². The Balaban J connectivity index is 0.000000806. The standard InChI is InChI=1S/C25H22NP.2ClH.Co/c1-21-17-19-22(20-18-21)26-27(23-11-5-2-6-12-23,24-13-7-3-8-14-24)25-15-9-4-10-16-25;;;/h2-20H,1H3;2*1H;/q;;;+2/p-2. The van der Waals surface area contributed by atoms with Crippen molar-refractivity contribution < 1.29 is 12.9 Å². The van der Waals surface area contributed by atoms with Gasteiger partial charge in [-0.3, -0.25) is 4.74 Å². The van der Waals surface area contributed by atoms with Crippen LogP contribution in [-0.4, -0.2) is 0 Å². The van der Waals surface area contributed by atoms with Crippen molar-refractivity contribution in [3.8, 4) is 0 Å². The number of rotatable bonds is 4. The van der Waals surface area contributed by atoms with E-state index >= 15 is 0 Å². The van der Waals surface area contributed by atoms with E-state index in [1.165, 1.54) is 21.5 Å². The molecule has 0 spiro atoms. The second-order valence-corrected chi connectivity index (χ2v) is 11.4. The molecule has 0 aromatic heterocycles. The van der Waals surface area contributed by atoms with Crippen LogP contribution in [0, 0.1) is 6.92 Å². The number of aryl methyl sites for hydroxylation is 1. The normalized spacial score (nSPS) is 10.8. The third kappa shape index (κ3) is 5.46. The third-order valence-corrected chi connectivity index (χ3v) is 8.36. The Morgan fingerprint density at radius 1 is 0.567 bits per heavy atom. The van der Waals surface area contributed by atoms with E-state index in [-0.39, 0.29) is 0 Å². The molecule has 0 fully saturated rings. The summed E-state index contributed by atoms with van der Waals surface area (Å²) in [6.45, 7) is 2.11. The molecule has 0 saturated carbocycles. The Hall–Kier alpha value is -1.80. The Morgan fingerprint density at radius 2 is 0.900 bits per heavy atom. The molecule has 0 aliphatic heterocycles. The SMILES string of the molecule is Cc1ccc(N=P(c2ccccc2)(c2ccccc2)c2ccccc2)cc1.[Cl][Co][Cl]. The van der Waals surface area contributed by atoms with E-state index in [9.17, 15) is 0 Å². The van der Waals surface area contributed by atoms with Gasteiger partial charge in [0.05, 0.1) is 12.7 Å². The molecule has 4 rings (SSSR count). The van der Waals surface area contributed by atoms with Gasteiger partial charge in [0.2, 0.25) is 0 Å². The first-order valence-corrected chi connectivity index (χ1v) is 14.0. The van der Waals surface area contributed by atoms with E-state index in [1.807, 2.05) is 0 Å². The molecule has 0 amide bonds. The van der Waals surface area contributed by atoms with Gasteiger partial charge in [-0.2, -0.15) is 0 Å². The zero-order valence-electron chi connectivity index (χ0n) is 16.5. The van der Waals surface area contributed by atoms with Crippen LogP contribution in [0.15, 0.2) is 120 Å². The Kier molecular flexibility index (Phi) is 8.81. The van der Waals surface area contributed by atoms with Gasteiger partial charge < -0.3 is 0 Å². The van der Waals surface area contributed by atoms with E-state index in [0.29, 0.717) is 12.9 Å². The zero-order chi connectivity index (χ0) is 21.2. The van der Waals surface area contributed by atoms with Crippen LogP contribution in [0.4, 0.5) is 5.69 Å².